The van der Waals surface area contributed by atoms with Crippen LogP contribution in [-0.4, -0.2) is 36.0 Å². The number of carbonyl (C=O) groups excluding carboxylic acids is 1. The standard InChI is InChI=1S/C20H32N2O/c1-22-17-3-2-4-18(22)9-16(8-17)21-19(23)20-10-13-5-14(11-20)7-15(6-13)12-20/h13-18H,2-12H2,1H3,(H,21,23)/t13?,14?,15?,17-,18-,20?/m0/s1. The van der Waals surface area contributed by atoms with Crippen LogP contribution >= 0.6 is 0 Å². The Bertz CT molecular complexity index is 453. The maximum absolute atomic E-state index is 13.2. The van der Waals surface area contributed by atoms with Gasteiger partial charge in [0.1, 0.15) is 0 Å². The summed E-state index contributed by atoms with van der Waals surface area (Å²) in [5.41, 5.74) is 0.0349. The molecule has 0 aromatic heterocycles. The summed E-state index contributed by atoms with van der Waals surface area (Å²) in [6, 6.07) is 1.87. The van der Waals surface area contributed by atoms with Crippen LogP contribution in [0.3, 0.4) is 0 Å². The largest absolute Gasteiger partial charge is 0.353 e. The minimum absolute atomic E-state index is 0.0349. The minimum Gasteiger partial charge on any atom is -0.353 e. The van der Waals surface area contributed by atoms with Crippen LogP contribution in [0.1, 0.15) is 70.6 Å². The summed E-state index contributed by atoms with van der Waals surface area (Å²) in [5, 5.41) is 3.56. The molecule has 6 bridgehead atoms. The van der Waals surface area contributed by atoms with E-state index in [1.165, 1.54) is 70.6 Å². The highest BCUT2D eigenvalue weighted by Crippen LogP contribution is 2.60. The van der Waals surface area contributed by atoms with Gasteiger partial charge in [-0.2, -0.15) is 0 Å². The number of hydrogen-bond acceptors (Lipinski definition) is 2. The van der Waals surface area contributed by atoms with Gasteiger partial charge in [0, 0.05) is 23.5 Å². The summed E-state index contributed by atoms with van der Waals surface area (Å²) in [7, 11) is 2.30. The molecular formula is C20H32N2O. The predicted octanol–water partition coefficient (Wildman–Crippen LogP) is 3.33. The second-order valence-corrected chi connectivity index (χ2v) is 9.74. The maximum atomic E-state index is 13.2. The average molecular weight is 316 g/mol. The topological polar surface area (TPSA) is 32.3 Å². The van der Waals surface area contributed by atoms with Gasteiger partial charge in [0.15, 0.2) is 0 Å². The van der Waals surface area contributed by atoms with Crippen molar-refractivity contribution >= 4 is 5.91 Å². The Morgan fingerprint density at radius 3 is 1.96 bits per heavy atom. The number of amides is 1. The zero-order valence-corrected chi connectivity index (χ0v) is 14.6. The summed E-state index contributed by atoms with van der Waals surface area (Å²) >= 11 is 0. The number of carbonyl (C=O) groups is 1. The SMILES string of the molecule is CN1[C@H]2CCC[C@H]1CC(NC(=O)C13CC4CC(CC(C4)C1)C3)C2. The van der Waals surface area contributed by atoms with Gasteiger partial charge in [-0.25, -0.2) is 0 Å². The Hall–Kier alpha value is -0.570. The lowest BCUT2D eigenvalue weighted by molar-refractivity contribution is -0.147. The van der Waals surface area contributed by atoms with Crippen molar-refractivity contribution in [3.05, 3.63) is 0 Å². The van der Waals surface area contributed by atoms with Crippen LogP contribution in [0.5, 0.6) is 0 Å². The van der Waals surface area contributed by atoms with E-state index >= 15 is 0 Å². The second-order valence-electron chi connectivity index (χ2n) is 9.74. The summed E-state index contributed by atoms with van der Waals surface area (Å²) in [5.74, 6) is 3.04. The molecule has 0 unspecified atom stereocenters. The second kappa shape index (κ2) is 5.21. The van der Waals surface area contributed by atoms with Gasteiger partial charge in [-0.15, -0.1) is 0 Å². The number of nitrogens with zero attached hydrogens (tertiary/aromatic N) is 1. The Morgan fingerprint density at radius 1 is 0.913 bits per heavy atom. The van der Waals surface area contributed by atoms with Gasteiger partial charge in [0.2, 0.25) is 5.91 Å². The molecule has 6 fully saturated rings. The van der Waals surface area contributed by atoms with Gasteiger partial charge in [-0.3, -0.25) is 4.79 Å². The normalized spacial score (nSPS) is 51.7. The van der Waals surface area contributed by atoms with Gasteiger partial charge in [-0.1, -0.05) is 6.42 Å². The quantitative estimate of drug-likeness (QED) is 0.847. The number of rotatable bonds is 2. The first kappa shape index (κ1) is 14.7. The Morgan fingerprint density at radius 2 is 1.43 bits per heavy atom. The first-order chi connectivity index (χ1) is 11.1. The molecule has 1 N–H and O–H groups in total. The summed E-state index contributed by atoms with van der Waals surface area (Å²) < 4.78 is 0. The molecule has 2 heterocycles. The van der Waals surface area contributed by atoms with Crippen LogP contribution < -0.4 is 5.32 Å². The van der Waals surface area contributed by atoms with E-state index in [1.54, 1.807) is 0 Å². The van der Waals surface area contributed by atoms with Gasteiger partial charge >= 0.3 is 0 Å². The molecule has 2 saturated heterocycles. The molecule has 4 saturated carbocycles. The molecular weight excluding hydrogens is 284 g/mol. The third-order valence-electron chi connectivity index (χ3n) is 8.19. The fourth-order valence-electron chi connectivity index (χ4n) is 7.46. The zero-order chi connectivity index (χ0) is 15.6. The molecule has 6 rings (SSSR count). The Kier molecular flexibility index (Phi) is 3.34. The van der Waals surface area contributed by atoms with Crippen LogP contribution in [0, 0.1) is 23.2 Å². The number of fused-ring (bicyclic) bond motifs is 2. The monoisotopic (exact) mass is 316 g/mol. The zero-order valence-electron chi connectivity index (χ0n) is 14.6. The highest BCUT2D eigenvalue weighted by atomic mass is 16.2. The fourth-order valence-corrected chi connectivity index (χ4v) is 7.46. The van der Waals surface area contributed by atoms with Crippen LogP contribution in [0.25, 0.3) is 0 Å². The number of hydrogen-bond donors (Lipinski definition) is 1. The predicted molar refractivity (Wildman–Crippen MR) is 91.0 cm³/mol. The number of nitrogens with one attached hydrogen (secondary N) is 1. The molecule has 0 aromatic carbocycles. The molecule has 3 heteroatoms. The Balaban J connectivity index is 1.29. The van der Waals surface area contributed by atoms with E-state index in [9.17, 15) is 4.79 Å². The molecule has 4 aliphatic carbocycles. The van der Waals surface area contributed by atoms with Crippen molar-refractivity contribution in [2.24, 2.45) is 23.2 Å². The van der Waals surface area contributed by atoms with E-state index in [1.807, 2.05) is 0 Å². The molecule has 2 atom stereocenters. The fraction of sp³-hybridized carbons (Fsp3) is 0.950. The third-order valence-corrected chi connectivity index (χ3v) is 8.19. The van der Waals surface area contributed by atoms with Crippen LogP contribution in [-0.2, 0) is 4.79 Å². The van der Waals surface area contributed by atoms with E-state index in [0.717, 1.165) is 17.8 Å². The van der Waals surface area contributed by atoms with Crippen molar-refractivity contribution in [1.29, 1.82) is 0 Å². The lowest BCUT2D eigenvalue weighted by atomic mass is 9.49. The summed E-state index contributed by atoms with van der Waals surface area (Å²) in [6.07, 6.45) is 14.3. The van der Waals surface area contributed by atoms with Crippen molar-refractivity contribution in [2.45, 2.75) is 88.8 Å². The molecule has 0 spiro atoms. The van der Waals surface area contributed by atoms with Crippen molar-refractivity contribution in [2.75, 3.05) is 7.05 Å². The van der Waals surface area contributed by atoms with Crippen LogP contribution in [0.15, 0.2) is 0 Å². The van der Waals surface area contributed by atoms with Gasteiger partial charge in [0.05, 0.1) is 0 Å². The van der Waals surface area contributed by atoms with Crippen LogP contribution in [0.2, 0.25) is 0 Å². The maximum Gasteiger partial charge on any atom is 0.226 e. The average Bonchev–Trinajstić information content (AvgIpc) is 2.47. The molecule has 0 aromatic rings. The third kappa shape index (κ3) is 2.37. The van der Waals surface area contributed by atoms with E-state index in [-0.39, 0.29) is 5.41 Å². The van der Waals surface area contributed by atoms with E-state index < -0.39 is 0 Å². The summed E-state index contributed by atoms with van der Waals surface area (Å²) in [4.78, 5) is 15.8. The lowest BCUT2D eigenvalue weighted by Gasteiger charge is -2.56. The molecule has 2 aliphatic heterocycles. The molecule has 3 nitrogen and oxygen atoms in total. The smallest absolute Gasteiger partial charge is 0.226 e. The van der Waals surface area contributed by atoms with Crippen molar-refractivity contribution in [1.82, 2.24) is 10.2 Å². The van der Waals surface area contributed by atoms with E-state index in [2.05, 4.69) is 17.3 Å². The van der Waals surface area contributed by atoms with Crippen molar-refractivity contribution in [3.8, 4) is 0 Å². The van der Waals surface area contributed by atoms with Crippen molar-refractivity contribution in [3.63, 3.8) is 0 Å². The molecule has 128 valence electrons. The summed E-state index contributed by atoms with van der Waals surface area (Å²) in [6.45, 7) is 0. The first-order valence-corrected chi connectivity index (χ1v) is 10.1. The van der Waals surface area contributed by atoms with Gasteiger partial charge in [0.25, 0.3) is 0 Å². The number of piperidine rings is 2. The highest BCUT2D eigenvalue weighted by molar-refractivity contribution is 5.83. The molecule has 0 radical (unpaired) electrons. The Labute approximate surface area is 140 Å². The lowest BCUT2D eigenvalue weighted by Crippen LogP contribution is -2.59. The minimum atomic E-state index is 0.0349. The molecule has 1 amide bonds. The molecule has 6 aliphatic rings. The van der Waals surface area contributed by atoms with Crippen molar-refractivity contribution < 1.29 is 4.79 Å². The van der Waals surface area contributed by atoms with Crippen LogP contribution in [0.4, 0.5) is 0 Å². The van der Waals surface area contributed by atoms with Gasteiger partial charge in [-0.05, 0) is 89.0 Å². The van der Waals surface area contributed by atoms with Gasteiger partial charge < -0.3 is 10.2 Å². The van der Waals surface area contributed by atoms with E-state index in [0.29, 0.717) is 24.0 Å². The highest BCUT2D eigenvalue weighted by Gasteiger charge is 2.55. The first-order valence-electron chi connectivity index (χ1n) is 10.1. The molecule has 23 heavy (non-hydrogen) atoms. The van der Waals surface area contributed by atoms with E-state index in [4.69, 9.17) is 0 Å².